The fourth-order valence-electron chi connectivity index (χ4n) is 9.62. The Morgan fingerprint density at radius 2 is 0.673 bits per heavy atom. The maximum Gasteiger partial charge on any atom is -0.00137 e. The summed E-state index contributed by atoms with van der Waals surface area (Å²) in [6.07, 6.45) is 0. The molecule has 10 aromatic rings. The predicted molar refractivity (Wildman–Crippen MR) is 222 cm³/mol. The molecule has 0 nitrogen and oxygen atoms in total. The third kappa shape index (κ3) is 3.66. The maximum absolute atomic E-state index is 2.45. The average Bonchev–Trinajstić information content (AvgIpc) is 3.73. The Hall–Kier alpha value is -6.76. The normalized spacial score (nSPS) is 12.2. The van der Waals surface area contributed by atoms with E-state index in [-0.39, 0.29) is 0 Å². The van der Waals surface area contributed by atoms with Crippen LogP contribution in [-0.4, -0.2) is 0 Å². The lowest BCUT2D eigenvalue weighted by Crippen LogP contribution is -1.91. The van der Waals surface area contributed by atoms with Crippen LogP contribution in [0.25, 0.3) is 121 Å². The standard InChI is InChI=1S/C52H30/c1-2-12-31(13-3-1)33-26-28-45(36-15-5-4-14-35(33)36)50-41-18-8-9-19-42(41)51-46-25-24-32(30-48(46)43-22-11-23-47(50)52(43)51)34-27-29-44-38-17-7-6-16-37(38)40-21-10-20-39(34)49(40)44/h1-30H. The molecule has 0 atom stereocenters. The van der Waals surface area contributed by atoms with Crippen molar-refractivity contribution in [1.29, 1.82) is 0 Å². The predicted octanol–water partition coefficient (Wildman–Crippen LogP) is 14.6. The first kappa shape index (κ1) is 28.0. The lowest BCUT2D eigenvalue weighted by Gasteiger charge is -2.18. The van der Waals surface area contributed by atoms with Gasteiger partial charge in [0.1, 0.15) is 0 Å². The maximum atomic E-state index is 2.45. The lowest BCUT2D eigenvalue weighted by atomic mass is 9.85. The van der Waals surface area contributed by atoms with Crippen LogP contribution in [0, 0.1) is 0 Å². The molecule has 0 aromatic heterocycles. The summed E-state index contributed by atoms with van der Waals surface area (Å²) in [4.78, 5) is 0. The Balaban J connectivity index is 1.10. The van der Waals surface area contributed by atoms with E-state index in [4.69, 9.17) is 0 Å². The van der Waals surface area contributed by atoms with Gasteiger partial charge in [-0.05, 0) is 127 Å². The molecule has 238 valence electrons. The number of fused-ring (bicyclic) bond motifs is 9. The fraction of sp³-hybridized carbons (Fsp3) is 0. The quantitative estimate of drug-likeness (QED) is 0.166. The van der Waals surface area contributed by atoms with Gasteiger partial charge in [-0.25, -0.2) is 0 Å². The van der Waals surface area contributed by atoms with Gasteiger partial charge in [-0.2, -0.15) is 0 Å². The SMILES string of the molecule is c1ccc(-c2ccc(-c3c4ccccc4c4c5c(cccc35)-c3cc(-c5ccc6c7c(cccc57)-c5ccccc5-6)ccc3-4)c3ccccc23)cc1. The Bertz CT molecular complexity index is 3130. The molecular weight excluding hydrogens is 625 g/mol. The van der Waals surface area contributed by atoms with Gasteiger partial charge in [0.2, 0.25) is 0 Å². The summed E-state index contributed by atoms with van der Waals surface area (Å²) in [5.41, 5.74) is 18.3. The summed E-state index contributed by atoms with van der Waals surface area (Å²) < 4.78 is 0. The Labute approximate surface area is 301 Å². The Kier molecular flexibility index (Phi) is 5.59. The molecule has 52 heavy (non-hydrogen) atoms. The molecule has 0 bridgehead atoms. The molecule has 0 N–H and O–H groups in total. The van der Waals surface area contributed by atoms with Crippen molar-refractivity contribution in [3.63, 3.8) is 0 Å². The molecule has 0 radical (unpaired) electrons. The van der Waals surface area contributed by atoms with E-state index in [0.29, 0.717) is 0 Å². The minimum atomic E-state index is 1.24. The van der Waals surface area contributed by atoms with Crippen LogP contribution in [-0.2, 0) is 0 Å². The smallest absolute Gasteiger partial charge is 0.00137 e. The zero-order valence-electron chi connectivity index (χ0n) is 28.3. The van der Waals surface area contributed by atoms with Crippen molar-refractivity contribution < 1.29 is 0 Å². The lowest BCUT2D eigenvalue weighted by molar-refractivity contribution is 1.64. The molecule has 0 unspecified atom stereocenters. The highest BCUT2D eigenvalue weighted by Crippen LogP contribution is 2.56. The van der Waals surface area contributed by atoms with Crippen LogP contribution in [0.15, 0.2) is 182 Å². The number of benzene rings is 10. The average molecular weight is 655 g/mol. The minimum absolute atomic E-state index is 1.24. The molecule has 0 saturated heterocycles. The van der Waals surface area contributed by atoms with Gasteiger partial charge >= 0.3 is 0 Å². The van der Waals surface area contributed by atoms with E-state index in [9.17, 15) is 0 Å². The van der Waals surface area contributed by atoms with Gasteiger partial charge in [-0.3, -0.25) is 0 Å². The van der Waals surface area contributed by atoms with E-state index in [1.165, 1.54) is 121 Å². The number of hydrogen-bond donors (Lipinski definition) is 0. The van der Waals surface area contributed by atoms with Crippen LogP contribution in [0.5, 0.6) is 0 Å². The largest absolute Gasteiger partial charge is 0.0622 e. The first-order valence-corrected chi connectivity index (χ1v) is 18.2. The van der Waals surface area contributed by atoms with E-state index in [1.54, 1.807) is 0 Å². The minimum Gasteiger partial charge on any atom is -0.0622 e. The second kappa shape index (κ2) is 10.4. The Morgan fingerprint density at radius 1 is 0.192 bits per heavy atom. The topological polar surface area (TPSA) is 0 Å². The van der Waals surface area contributed by atoms with Gasteiger partial charge in [-0.1, -0.05) is 176 Å². The molecule has 0 heterocycles. The van der Waals surface area contributed by atoms with Gasteiger partial charge in [0.25, 0.3) is 0 Å². The van der Waals surface area contributed by atoms with Gasteiger partial charge in [0, 0.05) is 0 Å². The van der Waals surface area contributed by atoms with Gasteiger partial charge in [-0.15, -0.1) is 0 Å². The fourth-order valence-corrected chi connectivity index (χ4v) is 9.62. The molecule has 2 aliphatic rings. The van der Waals surface area contributed by atoms with Crippen LogP contribution in [0.3, 0.4) is 0 Å². The van der Waals surface area contributed by atoms with E-state index in [0.717, 1.165) is 0 Å². The van der Waals surface area contributed by atoms with Crippen LogP contribution in [0.1, 0.15) is 0 Å². The molecule has 0 amide bonds. The highest BCUT2D eigenvalue weighted by atomic mass is 14.3. The van der Waals surface area contributed by atoms with E-state index in [2.05, 4.69) is 182 Å². The molecule has 0 fully saturated rings. The summed E-state index contributed by atoms with van der Waals surface area (Å²) in [6.45, 7) is 0. The van der Waals surface area contributed by atoms with Crippen LogP contribution in [0.2, 0.25) is 0 Å². The molecule has 0 aliphatic heterocycles. The molecule has 12 rings (SSSR count). The summed E-state index contributed by atoms with van der Waals surface area (Å²) in [7, 11) is 0. The molecule has 0 saturated carbocycles. The van der Waals surface area contributed by atoms with Crippen molar-refractivity contribution in [3.05, 3.63) is 182 Å². The van der Waals surface area contributed by atoms with Crippen LogP contribution in [0.4, 0.5) is 0 Å². The van der Waals surface area contributed by atoms with Crippen molar-refractivity contribution in [1.82, 2.24) is 0 Å². The third-order valence-electron chi connectivity index (χ3n) is 11.8. The highest BCUT2D eigenvalue weighted by molar-refractivity contribution is 6.31. The summed E-state index contributed by atoms with van der Waals surface area (Å²) in [5, 5.41) is 10.5. The highest BCUT2D eigenvalue weighted by Gasteiger charge is 2.28. The van der Waals surface area contributed by atoms with Crippen LogP contribution < -0.4 is 0 Å². The van der Waals surface area contributed by atoms with Crippen molar-refractivity contribution in [2.24, 2.45) is 0 Å². The Morgan fingerprint density at radius 3 is 1.42 bits per heavy atom. The first-order valence-electron chi connectivity index (χ1n) is 18.2. The second-order valence-electron chi connectivity index (χ2n) is 14.3. The monoisotopic (exact) mass is 654 g/mol. The first-order chi connectivity index (χ1) is 25.8. The third-order valence-corrected chi connectivity index (χ3v) is 11.8. The van der Waals surface area contributed by atoms with Crippen LogP contribution >= 0.6 is 0 Å². The molecule has 2 aliphatic carbocycles. The molecule has 10 aromatic carbocycles. The molecular formula is C52H30. The molecule has 0 spiro atoms. The number of rotatable bonds is 3. The van der Waals surface area contributed by atoms with Crippen molar-refractivity contribution in [3.8, 4) is 77.9 Å². The number of hydrogen-bond acceptors (Lipinski definition) is 0. The van der Waals surface area contributed by atoms with Gasteiger partial charge in [0.15, 0.2) is 0 Å². The van der Waals surface area contributed by atoms with Crippen molar-refractivity contribution in [2.45, 2.75) is 0 Å². The van der Waals surface area contributed by atoms with E-state index >= 15 is 0 Å². The van der Waals surface area contributed by atoms with E-state index in [1.807, 2.05) is 0 Å². The summed E-state index contributed by atoms with van der Waals surface area (Å²) in [6, 6.07) is 67.8. The van der Waals surface area contributed by atoms with Gasteiger partial charge < -0.3 is 0 Å². The zero-order chi connectivity index (χ0) is 33.9. The van der Waals surface area contributed by atoms with Gasteiger partial charge in [0.05, 0.1) is 0 Å². The second-order valence-corrected chi connectivity index (χ2v) is 14.3. The summed E-state index contributed by atoms with van der Waals surface area (Å²) >= 11 is 0. The van der Waals surface area contributed by atoms with E-state index < -0.39 is 0 Å². The zero-order valence-corrected chi connectivity index (χ0v) is 28.3. The van der Waals surface area contributed by atoms with Crippen molar-refractivity contribution >= 4 is 43.1 Å². The van der Waals surface area contributed by atoms with Crippen molar-refractivity contribution in [2.75, 3.05) is 0 Å². The molecule has 0 heteroatoms. The summed E-state index contributed by atoms with van der Waals surface area (Å²) in [5.74, 6) is 0.